The van der Waals surface area contributed by atoms with Crippen LogP contribution < -0.4 is 0 Å². The van der Waals surface area contributed by atoms with E-state index in [1.54, 1.807) is 0 Å². The molecule has 0 atom stereocenters. The summed E-state index contributed by atoms with van der Waals surface area (Å²) in [5.74, 6) is -0.0384. The van der Waals surface area contributed by atoms with Gasteiger partial charge in [-0.25, -0.2) is 0 Å². The van der Waals surface area contributed by atoms with Crippen LogP contribution in [0.4, 0.5) is 0 Å². The third kappa shape index (κ3) is 3.58. The van der Waals surface area contributed by atoms with Crippen LogP contribution in [-0.2, 0) is 29.0 Å². The number of aryl methyl sites for hydroxylation is 2. The van der Waals surface area contributed by atoms with E-state index in [0.717, 1.165) is 61.9 Å². The minimum atomic E-state index is -0.0837. The van der Waals surface area contributed by atoms with Crippen molar-refractivity contribution in [1.82, 2.24) is 14.7 Å². The van der Waals surface area contributed by atoms with E-state index in [1.807, 2.05) is 4.68 Å². The zero-order chi connectivity index (χ0) is 15.4. The molecule has 0 N–H and O–H groups in total. The highest BCUT2D eigenvalue weighted by Crippen LogP contribution is 2.25. The average molecular weight is 314 g/mol. The molecule has 0 saturated carbocycles. The number of hydrogen-bond acceptors (Lipinski definition) is 4. The Morgan fingerprint density at radius 2 is 2.05 bits per heavy atom. The number of carbonyl (C=O) groups is 1. The van der Waals surface area contributed by atoms with Crippen molar-refractivity contribution in [2.75, 3.05) is 20.2 Å². The van der Waals surface area contributed by atoms with Crippen LogP contribution in [0.25, 0.3) is 0 Å². The first-order valence-corrected chi connectivity index (χ1v) is 8.02. The van der Waals surface area contributed by atoms with Crippen molar-refractivity contribution in [2.24, 2.45) is 5.92 Å². The largest absolute Gasteiger partial charge is 0.469 e. The van der Waals surface area contributed by atoms with E-state index in [0.29, 0.717) is 0 Å². The van der Waals surface area contributed by atoms with Crippen LogP contribution >= 0.6 is 11.6 Å². The summed E-state index contributed by atoms with van der Waals surface area (Å²) in [6.45, 7) is 7.57. The predicted octanol–water partition coefficient (Wildman–Crippen LogP) is 2.50. The Balaban J connectivity index is 2.00. The van der Waals surface area contributed by atoms with Gasteiger partial charge in [0.05, 0.1) is 29.4 Å². The fourth-order valence-corrected chi connectivity index (χ4v) is 3.20. The van der Waals surface area contributed by atoms with Gasteiger partial charge in [-0.2, -0.15) is 5.10 Å². The highest BCUT2D eigenvalue weighted by atomic mass is 35.5. The second-order valence-corrected chi connectivity index (χ2v) is 5.83. The molecule has 0 radical (unpaired) electrons. The van der Waals surface area contributed by atoms with Crippen molar-refractivity contribution in [1.29, 1.82) is 0 Å². The molecule has 0 spiro atoms. The lowest BCUT2D eigenvalue weighted by atomic mass is 9.97. The third-order valence-corrected chi connectivity index (χ3v) is 4.63. The minimum absolute atomic E-state index is 0.0454. The summed E-state index contributed by atoms with van der Waals surface area (Å²) in [5, 5.41) is 5.35. The summed E-state index contributed by atoms with van der Waals surface area (Å²) < 4.78 is 6.82. The molecule has 0 aromatic carbocycles. The number of hydrogen-bond donors (Lipinski definition) is 0. The molecule has 21 heavy (non-hydrogen) atoms. The van der Waals surface area contributed by atoms with Gasteiger partial charge in [-0.15, -0.1) is 0 Å². The molecule has 2 heterocycles. The first-order valence-electron chi connectivity index (χ1n) is 7.64. The predicted molar refractivity (Wildman–Crippen MR) is 82.3 cm³/mol. The number of esters is 1. The van der Waals surface area contributed by atoms with Crippen molar-refractivity contribution < 1.29 is 9.53 Å². The van der Waals surface area contributed by atoms with Crippen LogP contribution in [0.5, 0.6) is 0 Å². The van der Waals surface area contributed by atoms with Crippen molar-refractivity contribution >= 4 is 17.6 Å². The zero-order valence-corrected chi connectivity index (χ0v) is 13.8. The molecule has 1 aliphatic heterocycles. The maximum absolute atomic E-state index is 11.6. The van der Waals surface area contributed by atoms with Gasteiger partial charge in [-0.1, -0.05) is 18.5 Å². The van der Waals surface area contributed by atoms with E-state index in [2.05, 4.69) is 23.8 Å². The quantitative estimate of drug-likeness (QED) is 0.784. The lowest BCUT2D eigenvalue weighted by Crippen LogP contribution is -2.36. The molecular formula is C15H24ClN3O2. The average Bonchev–Trinajstić information content (AvgIpc) is 2.83. The van der Waals surface area contributed by atoms with Gasteiger partial charge in [-0.3, -0.25) is 14.4 Å². The molecule has 5 nitrogen and oxygen atoms in total. The standard InChI is InChI=1S/C15H24ClN3O2/c1-4-12-14(16)13(19(5-2)17-12)10-18-8-6-11(7-9-18)15(20)21-3/h11H,4-10H2,1-3H3. The number of halogens is 1. The molecule has 1 aromatic rings. The molecule has 0 unspecified atom stereocenters. The molecule has 6 heteroatoms. The molecule has 0 amide bonds. The monoisotopic (exact) mass is 313 g/mol. The van der Waals surface area contributed by atoms with E-state index >= 15 is 0 Å². The highest BCUT2D eigenvalue weighted by molar-refractivity contribution is 6.31. The summed E-state index contributed by atoms with van der Waals surface area (Å²) in [6, 6.07) is 0. The molecule has 1 saturated heterocycles. The maximum atomic E-state index is 11.6. The number of aromatic nitrogens is 2. The third-order valence-electron chi connectivity index (χ3n) is 4.19. The number of methoxy groups -OCH3 is 1. The maximum Gasteiger partial charge on any atom is 0.308 e. The Labute approximate surface area is 131 Å². The van der Waals surface area contributed by atoms with Gasteiger partial charge < -0.3 is 4.74 Å². The van der Waals surface area contributed by atoms with Gasteiger partial charge >= 0.3 is 5.97 Å². The Bertz CT molecular complexity index is 493. The first-order chi connectivity index (χ1) is 10.1. The Morgan fingerprint density at radius 3 is 2.57 bits per heavy atom. The number of rotatable bonds is 5. The fourth-order valence-electron chi connectivity index (χ4n) is 2.87. The SMILES string of the molecule is CCc1nn(CC)c(CN2CCC(C(=O)OC)CC2)c1Cl. The van der Waals surface area contributed by atoms with Gasteiger partial charge in [0.25, 0.3) is 0 Å². The Kier molecular flexibility index (Phi) is 5.65. The highest BCUT2D eigenvalue weighted by Gasteiger charge is 2.27. The Morgan fingerprint density at radius 1 is 1.38 bits per heavy atom. The van der Waals surface area contributed by atoms with Gasteiger partial charge in [0, 0.05) is 13.1 Å². The van der Waals surface area contributed by atoms with Gasteiger partial charge in [0.2, 0.25) is 0 Å². The molecule has 118 valence electrons. The van der Waals surface area contributed by atoms with E-state index < -0.39 is 0 Å². The lowest BCUT2D eigenvalue weighted by Gasteiger charge is -2.30. The molecular weight excluding hydrogens is 290 g/mol. The summed E-state index contributed by atoms with van der Waals surface area (Å²) in [6.07, 6.45) is 2.56. The number of likely N-dealkylation sites (tertiary alicyclic amines) is 1. The zero-order valence-electron chi connectivity index (χ0n) is 13.1. The van der Waals surface area contributed by atoms with E-state index in [4.69, 9.17) is 16.3 Å². The molecule has 0 bridgehead atoms. The van der Waals surface area contributed by atoms with Crippen LogP contribution in [0.2, 0.25) is 5.02 Å². The van der Waals surface area contributed by atoms with Crippen molar-refractivity contribution in [3.8, 4) is 0 Å². The summed E-state index contributed by atoms with van der Waals surface area (Å²) >= 11 is 6.45. The first kappa shape index (κ1) is 16.3. The van der Waals surface area contributed by atoms with Gasteiger partial charge in [0.1, 0.15) is 0 Å². The van der Waals surface area contributed by atoms with Crippen LogP contribution in [0.15, 0.2) is 0 Å². The van der Waals surface area contributed by atoms with Crippen LogP contribution in [-0.4, -0.2) is 40.8 Å². The van der Waals surface area contributed by atoms with Crippen molar-refractivity contribution in [2.45, 2.75) is 46.2 Å². The van der Waals surface area contributed by atoms with E-state index in [1.165, 1.54) is 7.11 Å². The van der Waals surface area contributed by atoms with Crippen molar-refractivity contribution in [3.63, 3.8) is 0 Å². The van der Waals surface area contributed by atoms with Crippen LogP contribution in [0.1, 0.15) is 38.1 Å². The Hall–Kier alpha value is -1.07. The second kappa shape index (κ2) is 7.27. The molecule has 1 aromatic heterocycles. The normalized spacial score (nSPS) is 17.1. The molecule has 1 aliphatic rings. The summed E-state index contributed by atoms with van der Waals surface area (Å²) in [4.78, 5) is 13.9. The van der Waals surface area contributed by atoms with E-state index in [9.17, 15) is 4.79 Å². The minimum Gasteiger partial charge on any atom is -0.469 e. The van der Waals surface area contributed by atoms with E-state index in [-0.39, 0.29) is 11.9 Å². The topological polar surface area (TPSA) is 47.4 Å². The smallest absolute Gasteiger partial charge is 0.308 e. The van der Waals surface area contributed by atoms with Crippen molar-refractivity contribution in [3.05, 3.63) is 16.4 Å². The van der Waals surface area contributed by atoms with Crippen LogP contribution in [0, 0.1) is 5.92 Å². The second-order valence-electron chi connectivity index (χ2n) is 5.45. The lowest BCUT2D eigenvalue weighted by molar-refractivity contribution is -0.147. The number of nitrogens with zero attached hydrogens (tertiary/aromatic N) is 3. The van der Waals surface area contributed by atoms with Crippen LogP contribution in [0.3, 0.4) is 0 Å². The molecule has 0 aliphatic carbocycles. The fraction of sp³-hybridized carbons (Fsp3) is 0.733. The number of piperidine rings is 1. The summed E-state index contributed by atoms with van der Waals surface area (Å²) in [7, 11) is 1.46. The molecule has 2 rings (SSSR count). The summed E-state index contributed by atoms with van der Waals surface area (Å²) in [5.41, 5.74) is 2.06. The number of ether oxygens (including phenoxy) is 1. The van der Waals surface area contributed by atoms with Gasteiger partial charge in [-0.05, 0) is 39.3 Å². The van der Waals surface area contributed by atoms with Gasteiger partial charge in [0.15, 0.2) is 0 Å². The number of carbonyl (C=O) groups excluding carboxylic acids is 1. The molecule has 1 fully saturated rings.